The Morgan fingerprint density at radius 1 is 0.893 bits per heavy atom. The standard InChI is InChI=1S/C20H14FN3O3S/c21-15-9-6-10-16(13-15)24-28(25,26)18-12-5-4-11-17(18)20-22-19(23-27-20)14-7-2-1-3-8-14/h1-13,24H. The summed E-state index contributed by atoms with van der Waals surface area (Å²) < 4.78 is 46.8. The molecule has 140 valence electrons. The van der Waals surface area contributed by atoms with Crippen LogP contribution in [0.25, 0.3) is 22.8 Å². The maximum Gasteiger partial charge on any atom is 0.262 e. The van der Waals surface area contributed by atoms with Crippen LogP contribution < -0.4 is 4.72 Å². The second-order valence-corrected chi connectivity index (χ2v) is 7.55. The second kappa shape index (κ2) is 7.24. The SMILES string of the molecule is O=S(=O)(Nc1cccc(F)c1)c1ccccc1-c1nc(-c2ccccc2)no1. The largest absolute Gasteiger partial charge is 0.334 e. The number of hydrogen-bond donors (Lipinski definition) is 1. The Hall–Kier alpha value is -3.52. The van der Waals surface area contributed by atoms with E-state index in [4.69, 9.17) is 4.52 Å². The quantitative estimate of drug-likeness (QED) is 0.543. The first-order valence-electron chi connectivity index (χ1n) is 8.30. The van der Waals surface area contributed by atoms with E-state index in [0.717, 1.165) is 11.6 Å². The molecule has 3 aromatic carbocycles. The Bertz CT molecular complexity index is 1220. The van der Waals surface area contributed by atoms with Gasteiger partial charge in [-0.15, -0.1) is 0 Å². The van der Waals surface area contributed by atoms with Crippen LogP contribution in [-0.2, 0) is 10.0 Å². The number of aromatic nitrogens is 2. The molecule has 28 heavy (non-hydrogen) atoms. The van der Waals surface area contributed by atoms with E-state index in [0.29, 0.717) is 5.82 Å². The molecule has 6 nitrogen and oxygen atoms in total. The lowest BCUT2D eigenvalue weighted by Crippen LogP contribution is -2.14. The third-order valence-corrected chi connectivity index (χ3v) is 5.38. The number of rotatable bonds is 5. The fourth-order valence-corrected chi connectivity index (χ4v) is 3.93. The summed E-state index contributed by atoms with van der Waals surface area (Å²) in [7, 11) is -4.01. The predicted molar refractivity (Wildman–Crippen MR) is 102 cm³/mol. The lowest BCUT2D eigenvalue weighted by atomic mass is 10.2. The van der Waals surface area contributed by atoms with Crippen LogP contribution in [0.15, 0.2) is 88.3 Å². The zero-order valence-corrected chi connectivity index (χ0v) is 15.2. The van der Waals surface area contributed by atoms with Gasteiger partial charge in [-0.3, -0.25) is 4.72 Å². The molecule has 0 fully saturated rings. The average molecular weight is 395 g/mol. The van der Waals surface area contributed by atoms with Crippen LogP contribution >= 0.6 is 0 Å². The first-order chi connectivity index (χ1) is 13.5. The number of halogens is 1. The predicted octanol–water partition coefficient (Wildman–Crippen LogP) is 4.34. The van der Waals surface area contributed by atoms with Gasteiger partial charge in [0.1, 0.15) is 10.7 Å². The summed E-state index contributed by atoms with van der Waals surface area (Å²) in [6, 6.07) is 20.6. The van der Waals surface area contributed by atoms with Crippen molar-refractivity contribution < 1.29 is 17.3 Å². The zero-order chi connectivity index (χ0) is 19.6. The Morgan fingerprint density at radius 3 is 2.43 bits per heavy atom. The monoisotopic (exact) mass is 395 g/mol. The lowest BCUT2D eigenvalue weighted by molar-refractivity contribution is 0.431. The molecule has 4 rings (SSSR count). The summed E-state index contributed by atoms with van der Waals surface area (Å²) in [5.41, 5.74) is 1.11. The minimum absolute atomic E-state index is 0.0532. The molecule has 0 bridgehead atoms. The Balaban J connectivity index is 1.72. The number of hydrogen-bond acceptors (Lipinski definition) is 5. The summed E-state index contributed by atoms with van der Waals surface area (Å²) in [6.45, 7) is 0. The van der Waals surface area contributed by atoms with Crippen molar-refractivity contribution >= 4 is 15.7 Å². The van der Waals surface area contributed by atoms with Crippen molar-refractivity contribution in [3.05, 3.63) is 84.7 Å². The summed E-state index contributed by atoms with van der Waals surface area (Å²) in [5, 5.41) is 3.93. The Labute approximate surface area is 160 Å². The van der Waals surface area contributed by atoms with Crippen molar-refractivity contribution in [1.29, 1.82) is 0 Å². The van der Waals surface area contributed by atoms with Crippen molar-refractivity contribution in [2.24, 2.45) is 0 Å². The number of anilines is 1. The van der Waals surface area contributed by atoms with E-state index >= 15 is 0 Å². The fourth-order valence-electron chi connectivity index (χ4n) is 2.68. The molecule has 0 unspecified atom stereocenters. The molecule has 4 aromatic rings. The lowest BCUT2D eigenvalue weighted by Gasteiger charge is -2.10. The molecule has 0 aliphatic rings. The van der Waals surface area contributed by atoms with Gasteiger partial charge in [0.05, 0.1) is 11.3 Å². The van der Waals surface area contributed by atoms with Gasteiger partial charge in [0.15, 0.2) is 0 Å². The molecule has 0 amide bonds. The summed E-state index contributed by atoms with van der Waals surface area (Å²) >= 11 is 0. The maximum absolute atomic E-state index is 13.4. The molecule has 0 saturated heterocycles. The van der Waals surface area contributed by atoms with Crippen molar-refractivity contribution in [2.75, 3.05) is 4.72 Å². The molecule has 1 N–H and O–H groups in total. The molecule has 0 aliphatic heterocycles. The average Bonchev–Trinajstić information content (AvgIpc) is 3.18. The number of nitrogens with one attached hydrogen (secondary N) is 1. The maximum atomic E-state index is 13.4. The first-order valence-corrected chi connectivity index (χ1v) is 9.78. The van der Waals surface area contributed by atoms with Crippen LogP contribution in [0, 0.1) is 5.82 Å². The van der Waals surface area contributed by atoms with E-state index in [9.17, 15) is 12.8 Å². The van der Waals surface area contributed by atoms with Crippen LogP contribution in [-0.4, -0.2) is 18.6 Å². The van der Waals surface area contributed by atoms with Crippen LogP contribution in [0.4, 0.5) is 10.1 Å². The molecule has 0 saturated carbocycles. The molecule has 1 aromatic heterocycles. The van der Waals surface area contributed by atoms with Crippen molar-refractivity contribution in [3.63, 3.8) is 0 Å². The van der Waals surface area contributed by atoms with Crippen LogP contribution in [0.3, 0.4) is 0 Å². The second-order valence-electron chi connectivity index (χ2n) is 5.90. The molecule has 1 heterocycles. The van der Waals surface area contributed by atoms with Crippen LogP contribution in [0.2, 0.25) is 0 Å². The molecule has 0 radical (unpaired) electrons. The third kappa shape index (κ3) is 3.63. The van der Waals surface area contributed by atoms with Gasteiger partial charge >= 0.3 is 0 Å². The summed E-state index contributed by atoms with van der Waals surface area (Å²) in [6.07, 6.45) is 0. The highest BCUT2D eigenvalue weighted by Gasteiger charge is 2.23. The van der Waals surface area contributed by atoms with E-state index in [1.54, 1.807) is 18.2 Å². The normalized spacial score (nSPS) is 11.3. The van der Waals surface area contributed by atoms with E-state index in [-0.39, 0.29) is 22.0 Å². The minimum atomic E-state index is -4.01. The summed E-state index contributed by atoms with van der Waals surface area (Å²) in [4.78, 5) is 4.26. The highest BCUT2D eigenvalue weighted by Crippen LogP contribution is 2.29. The highest BCUT2D eigenvalue weighted by molar-refractivity contribution is 7.92. The van der Waals surface area contributed by atoms with E-state index in [2.05, 4.69) is 14.9 Å². The van der Waals surface area contributed by atoms with E-state index in [1.807, 2.05) is 30.3 Å². The Kier molecular flexibility index (Phi) is 4.62. The van der Waals surface area contributed by atoms with Gasteiger partial charge in [0.2, 0.25) is 5.82 Å². The van der Waals surface area contributed by atoms with Gasteiger partial charge in [-0.2, -0.15) is 4.98 Å². The van der Waals surface area contributed by atoms with Gasteiger partial charge in [-0.25, -0.2) is 12.8 Å². The van der Waals surface area contributed by atoms with Crippen LogP contribution in [0.1, 0.15) is 0 Å². The third-order valence-electron chi connectivity index (χ3n) is 3.94. The Morgan fingerprint density at radius 2 is 1.64 bits per heavy atom. The minimum Gasteiger partial charge on any atom is -0.334 e. The van der Waals surface area contributed by atoms with Gasteiger partial charge in [-0.05, 0) is 30.3 Å². The summed E-state index contributed by atoms with van der Waals surface area (Å²) in [5.74, 6) is -0.127. The fraction of sp³-hybridized carbons (Fsp3) is 0. The zero-order valence-electron chi connectivity index (χ0n) is 14.4. The molecular weight excluding hydrogens is 381 g/mol. The van der Waals surface area contributed by atoms with Crippen molar-refractivity contribution in [1.82, 2.24) is 10.1 Å². The van der Waals surface area contributed by atoms with E-state index in [1.165, 1.54) is 24.3 Å². The smallest absolute Gasteiger partial charge is 0.262 e. The van der Waals surface area contributed by atoms with Gasteiger partial charge in [-0.1, -0.05) is 53.7 Å². The highest BCUT2D eigenvalue weighted by atomic mass is 32.2. The molecule has 0 spiro atoms. The van der Waals surface area contributed by atoms with Gasteiger partial charge in [0, 0.05) is 5.56 Å². The molecule has 0 aliphatic carbocycles. The molecule has 0 atom stereocenters. The van der Waals surface area contributed by atoms with Gasteiger partial charge < -0.3 is 4.52 Å². The number of benzene rings is 3. The molecule has 8 heteroatoms. The van der Waals surface area contributed by atoms with E-state index < -0.39 is 15.8 Å². The molecular formula is C20H14FN3O3S. The van der Waals surface area contributed by atoms with Crippen molar-refractivity contribution in [2.45, 2.75) is 4.90 Å². The number of nitrogens with zero attached hydrogens (tertiary/aromatic N) is 2. The van der Waals surface area contributed by atoms with Crippen LogP contribution in [0.5, 0.6) is 0 Å². The van der Waals surface area contributed by atoms with Crippen molar-refractivity contribution in [3.8, 4) is 22.8 Å². The number of sulfonamides is 1. The first kappa shape index (κ1) is 17.9. The van der Waals surface area contributed by atoms with Gasteiger partial charge in [0.25, 0.3) is 15.9 Å². The topological polar surface area (TPSA) is 85.1 Å².